The van der Waals surface area contributed by atoms with Gasteiger partial charge in [-0.25, -0.2) is 0 Å². The number of alkyl halides is 3. The van der Waals surface area contributed by atoms with Crippen molar-refractivity contribution in [1.29, 1.82) is 0 Å². The summed E-state index contributed by atoms with van der Waals surface area (Å²) in [5.41, 5.74) is -4.92. The van der Waals surface area contributed by atoms with E-state index >= 15 is 0 Å². The van der Waals surface area contributed by atoms with Gasteiger partial charge in [-0.15, -0.1) is 0 Å². The number of hydrogen-bond donors (Lipinski definition) is 0. The van der Waals surface area contributed by atoms with Gasteiger partial charge in [-0.05, 0) is 53.1 Å². The topological polar surface area (TPSA) is 43.4 Å². The number of aryl methyl sites for hydroxylation is 1. The van der Waals surface area contributed by atoms with Gasteiger partial charge >= 0.3 is 15.6 Å². The van der Waals surface area contributed by atoms with Crippen LogP contribution in [0, 0.1) is 6.92 Å². The molecule has 0 atom stereocenters. The molecule has 148 valence electrons. The molecule has 0 heterocycles. The fourth-order valence-electron chi connectivity index (χ4n) is 2.78. The third kappa shape index (κ3) is 3.67. The predicted molar refractivity (Wildman–Crippen MR) is 103 cm³/mol. The molecule has 0 fully saturated rings. The minimum Gasteiger partial charge on any atom is -0.200 e. The standard InChI is InChI=1S/C20H17F3O3S2/c1-16-10-8-9-15-19(16)27(17-11-4-2-5-12-17,18-13-6-3-7-14-18)26-28(24,25)20(21,22)23/h2-15H,1H3. The minimum atomic E-state index is -5.88. The van der Waals surface area contributed by atoms with E-state index in [1.807, 2.05) is 0 Å². The Hall–Kier alpha value is -2.29. The first-order valence-electron chi connectivity index (χ1n) is 8.20. The normalized spacial score (nSPS) is 13.3. The maximum Gasteiger partial charge on any atom is 0.524 e. The molecule has 3 aromatic rings. The molecule has 3 aromatic carbocycles. The number of hydrogen-bond acceptors (Lipinski definition) is 3. The van der Waals surface area contributed by atoms with Crippen molar-refractivity contribution in [3.05, 3.63) is 90.5 Å². The summed E-state index contributed by atoms with van der Waals surface area (Å²) >= 11 is 0. The van der Waals surface area contributed by atoms with E-state index in [2.05, 4.69) is 0 Å². The molecule has 0 N–H and O–H groups in total. The highest BCUT2D eigenvalue weighted by atomic mass is 32.3. The summed E-state index contributed by atoms with van der Waals surface area (Å²) < 4.78 is 69.4. The molecule has 0 aliphatic carbocycles. The Kier molecular flexibility index (Phi) is 5.56. The van der Waals surface area contributed by atoms with Crippen molar-refractivity contribution in [3.63, 3.8) is 0 Å². The Morgan fingerprint density at radius 1 is 0.714 bits per heavy atom. The lowest BCUT2D eigenvalue weighted by molar-refractivity contribution is -0.0496. The van der Waals surface area contributed by atoms with E-state index in [0.29, 0.717) is 20.2 Å². The van der Waals surface area contributed by atoms with Gasteiger partial charge in [-0.1, -0.05) is 54.6 Å². The SMILES string of the molecule is Cc1ccccc1S(OS(=O)(=O)C(F)(F)F)(c1ccccc1)c1ccccc1. The molecule has 0 unspecified atom stereocenters. The van der Waals surface area contributed by atoms with Crippen LogP contribution in [-0.2, 0) is 13.7 Å². The summed E-state index contributed by atoms with van der Waals surface area (Å²) in [6.07, 6.45) is 0. The van der Waals surface area contributed by atoms with Gasteiger partial charge in [0.05, 0.1) is 0 Å². The van der Waals surface area contributed by atoms with Crippen molar-refractivity contribution in [2.45, 2.75) is 27.1 Å². The first kappa shape index (κ1) is 20.4. The molecule has 0 saturated heterocycles. The summed E-state index contributed by atoms with van der Waals surface area (Å²) in [6.45, 7) is 1.71. The highest BCUT2D eigenvalue weighted by molar-refractivity contribution is 8.33. The highest BCUT2D eigenvalue weighted by Crippen LogP contribution is 2.71. The Morgan fingerprint density at radius 3 is 1.57 bits per heavy atom. The summed E-state index contributed by atoms with van der Waals surface area (Å²) in [7, 11) is -9.09. The maximum atomic E-state index is 13.3. The van der Waals surface area contributed by atoms with Crippen LogP contribution in [0.5, 0.6) is 0 Å². The van der Waals surface area contributed by atoms with Crippen LogP contribution in [0.1, 0.15) is 5.56 Å². The molecule has 28 heavy (non-hydrogen) atoms. The van der Waals surface area contributed by atoms with E-state index < -0.39 is 25.9 Å². The predicted octanol–water partition coefficient (Wildman–Crippen LogP) is 6.06. The molecule has 0 saturated carbocycles. The van der Waals surface area contributed by atoms with Crippen molar-refractivity contribution >= 4 is 20.4 Å². The Bertz CT molecular complexity index is 1010. The molecule has 0 aliphatic heterocycles. The van der Waals surface area contributed by atoms with Crippen LogP contribution in [0.4, 0.5) is 13.2 Å². The van der Waals surface area contributed by atoms with Crippen molar-refractivity contribution in [2.24, 2.45) is 0 Å². The largest absolute Gasteiger partial charge is 0.524 e. The molecular weight excluding hydrogens is 409 g/mol. The molecule has 3 rings (SSSR count). The summed E-state index contributed by atoms with van der Waals surface area (Å²) in [6, 6.07) is 23.0. The number of halogens is 3. The van der Waals surface area contributed by atoms with E-state index in [4.69, 9.17) is 3.63 Å². The van der Waals surface area contributed by atoms with Crippen molar-refractivity contribution < 1.29 is 25.2 Å². The fourth-order valence-corrected chi connectivity index (χ4v) is 7.74. The van der Waals surface area contributed by atoms with Gasteiger partial charge in [0.15, 0.2) is 0 Å². The highest BCUT2D eigenvalue weighted by Gasteiger charge is 2.52. The van der Waals surface area contributed by atoms with Crippen LogP contribution < -0.4 is 0 Å². The Balaban J connectivity index is 2.42. The zero-order valence-electron chi connectivity index (χ0n) is 14.8. The first-order chi connectivity index (χ1) is 13.2. The monoisotopic (exact) mass is 426 g/mol. The second kappa shape index (κ2) is 7.62. The van der Waals surface area contributed by atoms with Gasteiger partial charge < -0.3 is 0 Å². The van der Waals surface area contributed by atoms with Gasteiger partial charge in [-0.3, -0.25) is 0 Å². The molecule has 0 bridgehead atoms. The zero-order valence-corrected chi connectivity index (χ0v) is 16.4. The van der Waals surface area contributed by atoms with Crippen molar-refractivity contribution in [2.75, 3.05) is 0 Å². The Labute approximate surface area is 163 Å². The van der Waals surface area contributed by atoms with E-state index in [0.717, 1.165) is 0 Å². The van der Waals surface area contributed by atoms with E-state index in [-0.39, 0.29) is 0 Å². The quantitative estimate of drug-likeness (QED) is 0.466. The van der Waals surface area contributed by atoms with Gasteiger partial charge in [-0.2, -0.15) is 25.2 Å². The molecular formula is C20H17F3O3S2. The lowest BCUT2D eigenvalue weighted by atomic mass is 10.2. The minimum absolute atomic E-state index is 0.350. The van der Waals surface area contributed by atoms with E-state index in [1.165, 1.54) is 0 Å². The maximum absolute atomic E-state index is 13.3. The lowest BCUT2D eigenvalue weighted by Crippen LogP contribution is -2.27. The van der Waals surface area contributed by atoms with Gasteiger partial charge in [0.25, 0.3) is 0 Å². The first-order valence-corrected chi connectivity index (χ1v) is 11.2. The average Bonchev–Trinajstić information content (AvgIpc) is 2.67. The molecule has 0 aliphatic rings. The molecule has 8 heteroatoms. The Morgan fingerprint density at radius 2 is 1.14 bits per heavy atom. The van der Waals surface area contributed by atoms with Crippen LogP contribution in [0.2, 0.25) is 0 Å². The lowest BCUT2D eigenvalue weighted by Gasteiger charge is -2.40. The van der Waals surface area contributed by atoms with Crippen molar-refractivity contribution in [1.82, 2.24) is 0 Å². The molecule has 0 radical (unpaired) electrons. The third-order valence-corrected chi connectivity index (χ3v) is 9.08. The second-order valence-electron chi connectivity index (χ2n) is 5.92. The molecule has 0 aromatic heterocycles. The fraction of sp³-hybridized carbons (Fsp3) is 0.100. The van der Waals surface area contributed by atoms with Crippen molar-refractivity contribution in [3.8, 4) is 0 Å². The number of rotatable bonds is 5. The van der Waals surface area contributed by atoms with Crippen LogP contribution >= 0.6 is 10.3 Å². The van der Waals surface area contributed by atoms with E-state index in [1.54, 1.807) is 91.9 Å². The van der Waals surface area contributed by atoms with Gasteiger partial charge in [0, 0.05) is 14.7 Å². The molecule has 0 spiro atoms. The van der Waals surface area contributed by atoms with Crippen LogP contribution in [-0.4, -0.2) is 13.9 Å². The number of benzene rings is 3. The van der Waals surface area contributed by atoms with Crippen LogP contribution in [0.15, 0.2) is 99.6 Å². The van der Waals surface area contributed by atoms with Gasteiger partial charge in [0.1, 0.15) is 0 Å². The molecule has 3 nitrogen and oxygen atoms in total. The average molecular weight is 426 g/mol. The third-order valence-electron chi connectivity index (χ3n) is 4.03. The molecule has 0 amide bonds. The van der Waals surface area contributed by atoms with Crippen LogP contribution in [0.25, 0.3) is 0 Å². The summed E-state index contributed by atoms with van der Waals surface area (Å²) in [4.78, 5) is 1.09. The summed E-state index contributed by atoms with van der Waals surface area (Å²) in [5.74, 6) is 0. The van der Waals surface area contributed by atoms with Gasteiger partial charge in [0.2, 0.25) is 0 Å². The van der Waals surface area contributed by atoms with Crippen LogP contribution in [0.3, 0.4) is 0 Å². The zero-order chi connectivity index (χ0) is 20.4. The second-order valence-corrected chi connectivity index (χ2v) is 10.3. The van der Waals surface area contributed by atoms with E-state index in [9.17, 15) is 21.6 Å². The summed E-state index contributed by atoms with van der Waals surface area (Å²) in [5, 5.41) is 0. The smallest absolute Gasteiger partial charge is 0.200 e.